The van der Waals surface area contributed by atoms with E-state index < -0.39 is 5.97 Å². The molecule has 7 nitrogen and oxygen atoms in total. The maximum absolute atomic E-state index is 12.0. The van der Waals surface area contributed by atoms with Crippen LogP contribution in [-0.4, -0.2) is 50.0 Å². The molecule has 1 aromatic heterocycles. The third-order valence-corrected chi connectivity index (χ3v) is 2.97. The zero-order valence-corrected chi connectivity index (χ0v) is 11.6. The summed E-state index contributed by atoms with van der Waals surface area (Å²) in [5, 5.41) is 16.7. The van der Waals surface area contributed by atoms with Gasteiger partial charge in [0.15, 0.2) is 0 Å². The average Bonchev–Trinajstić information content (AvgIpc) is 2.94. The molecule has 0 aliphatic heterocycles. The van der Waals surface area contributed by atoms with Crippen LogP contribution in [0, 0.1) is 0 Å². The summed E-state index contributed by atoms with van der Waals surface area (Å²) in [4.78, 5) is 23.9. The van der Waals surface area contributed by atoms with Gasteiger partial charge in [-0.2, -0.15) is 0 Å². The second kappa shape index (κ2) is 6.65. The highest BCUT2D eigenvalue weighted by atomic mass is 16.4. The van der Waals surface area contributed by atoms with Gasteiger partial charge in [-0.15, -0.1) is 5.10 Å². The second-order valence-electron chi connectivity index (χ2n) is 4.47. The van der Waals surface area contributed by atoms with Crippen LogP contribution in [0.15, 0.2) is 36.5 Å². The van der Waals surface area contributed by atoms with Gasteiger partial charge in [0.25, 0.3) is 0 Å². The molecular weight excluding hydrogens is 272 g/mol. The lowest BCUT2D eigenvalue weighted by molar-refractivity contribution is -0.144. The summed E-state index contributed by atoms with van der Waals surface area (Å²) in [5.41, 5.74) is 1.58. The van der Waals surface area contributed by atoms with Crippen LogP contribution in [0.3, 0.4) is 0 Å². The summed E-state index contributed by atoms with van der Waals surface area (Å²) in [6, 6.07) is 9.50. The normalized spacial score (nSPS) is 10.3. The minimum absolute atomic E-state index is 0.0268. The number of aliphatic carboxylic acids is 1. The lowest BCUT2D eigenvalue weighted by atomic mass is 10.2. The van der Waals surface area contributed by atoms with Crippen molar-refractivity contribution in [2.24, 2.45) is 0 Å². The van der Waals surface area contributed by atoms with E-state index in [1.807, 2.05) is 30.3 Å². The van der Waals surface area contributed by atoms with Crippen LogP contribution in [0.5, 0.6) is 0 Å². The number of hydrogen-bond donors (Lipinski definition) is 1. The first kappa shape index (κ1) is 14.7. The Morgan fingerprint density at radius 2 is 2.00 bits per heavy atom. The fourth-order valence-corrected chi connectivity index (χ4v) is 1.90. The quantitative estimate of drug-likeness (QED) is 0.852. The van der Waals surface area contributed by atoms with E-state index in [1.165, 1.54) is 9.58 Å². The standard InChI is InChI=1S/C14H16N4O3/c1-2-17(10-14(20)21)13(19)9-18-8-12(15-16-18)11-6-4-3-5-7-11/h3-8H,2,9-10H2,1H3,(H,20,21). The molecule has 0 fully saturated rings. The van der Waals surface area contributed by atoms with Crippen molar-refractivity contribution < 1.29 is 14.7 Å². The van der Waals surface area contributed by atoms with E-state index in [0.29, 0.717) is 12.2 Å². The Morgan fingerprint density at radius 3 is 2.62 bits per heavy atom. The minimum atomic E-state index is -1.03. The van der Waals surface area contributed by atoms with Crippen molar-refractivity contribution in [2.75, 3.05) is 13.1 Å². The Bertz CT molecular complexity index is 624. The van der Waals surface area contributed by atoms with Crippen LogP contribution in [0.1, 0.15) is 6.92 Å². The van der Waals surface area contributed by atoms with E-state index in [9.17, 15) is 9.59 Å². The van der Waals surface area contributed by atoms with Gasteiger partial charge in [0, 0.05) is 12.1 Å². The minimum Gasteiger partial charge on any atom is -0.480 e. The molecule has 2 aromatic rings. The summed E-state index contributed by atoms with van der Waals surface area (Å²) in [6.07, 6.45) is 1.67. The highest BCUT2D eigenvalue weighted by Crippen LogP contribution is 2.14. The van der Waals surface area contributed by atoms with Crippen LogP contribution in [-0.2, 0) is 16.1 Å². The Balaban J connectivity index is 2.05. The molecule has 0 aliphatic rings. The van der Waals surface area contributed by atoms with Crippen molar-refractivity contribution in [2.45, 2.75) is 13.5 Å². The predicted molar refractivity (Wildman–Crippen MR) is 75.3 cm³/mol. The van der Waals surface area contributed by atoms with Crippen molar-refractivity contribution in [3.8, 4) is 11.3 Å². The van der Waals surface area contributed by atoms with Crippen LogP contribution in [0.25, 0.3) is 11.3 Å². The van der Waals surface area contributed by atoms with Gasteiger partial charge in [-0.1, -0.05) is 35.5 Å². The zero-order valence-electron chi connectivity index (χ0n) is 11.6. The maximum atomic E-state index is 12.0. The first-order valence-corrected chi connectivity index (χ1v) is 6.55. The summed E-state index contributed by atoms with van der Waals surface area (Å²) in [7, 11) is 0. The molecule has 7 heteroatoms. The van der Waals surface area contributed by atoms with Gasteiger partial charge in [-0.25, -0.2) is 4.68 Å². The number of rotatable bonds is 6. The van der Waals surface area contributed by atoms with Gasteiger partial charge in [0.1, 0.15) is 18.8 Å². The Morgan fingerprint density at radius 1 is 1.29 bits per heavy atom. The molecule has 0 spiro atoms. The number of nitrogens with zero attached hydrogens (tertiary/aromatic N) is 4. The summed E-state index contributed by atoms with van der Waals surface area (Å²) in [5.74, 6) is -1.34. The number of likely N-dealkylation sites (N-methyl/N-ethyl adjacent to an activating group) is 1. The maximum Gasteiger partial charge on any atom is 0.323 e. The lowest BCUT2D eigenvalue weighted by Crippen LogP contribution is -2.37. The molecule has 0 radical (unpaired) electrons. The molecule has 0 aliphatic carbocycles. The van der Waals surface area contributed by atoms with Crippen molar-refractivity contribution in [3.63, 3.8) is 0 Å². The molecule has 2 rings (SSSR count). The number of benzene rings is 1. The van der Waals surface area contributed by atoms with Crippen LogP contribution >= 0.6 is 0 Å². The van der Waals surface area contributed by atoms with Crippen molar-refractivity contribution in [1.29, 1.82) is 0 Å². The number of aromatic nitrogens is 3. The number of amides is 1. The molecular formula is C14H16N4O3. The summed E-state index contributed by atoms with van der Waals surface area (Å²) in [6.45, 7) is 1.74. The predicted octanol–water partition coefficient (Wildman–Crippen LogP) is 0.878. The molecule has 0 bridgehead atoms. The molecule has 1 amide bonds. The van der Waals surface area contributed by atoms with E-state index in [4.69, 9.17) is 5.11 Å². The third-order valence-electron chi connectivity index (χ3n) is 2.97. The van der Waals surface area contributed by atoms with Gasteiger partial charge in [-0.3, -0.25) is 9.59 Å². The molecule has 1 N–H and O–H groups in total. The van der Waals surface area contributed by atoms with Gasteiger partial charge in [0.05, 0.1) is 6.20 Å². The van der Waals surface area contributed by atoms with Gasteiger partial charge in [-0.05, 0) is 6.92 Å². The monoisotopic (exact) mass is 288 g/mol. The van der Waals surface area contributed by atoms with E-state index in [-0.39, 0.29) is 19.0 Å². The molecule has 1 aromatic carbocycles. The molecule has 0 saturated heterocycles. The van der Waals surface area contributed by atoms with Crippen molar-refractivity contribution in [3.05, 3.63) is 36.5 Å². The first-order chi connectivity index (χ1) is 10.1. The second-order valence-corrected chi connectivity index (χ2v) is 4.47. The molecule has 0 saturated carbocycles. The smallest absolute Gasteiger partial charge is 0.323 e. The van der Waals surface area contributed by atoms with E-state index in [2.05, 4.69) is 10.3 Å². The molecule has 0 atom stereocenters. The summed E-state index contributed by atoms with van der Waals surface area (Å²) >= 11 is 0. The van der Waals surface area contributed by atoms with Crippen LogP contribution in [0.2, 0.25) is 0 Å². The Kier molecular flexibility index (Phi) is 4.65. The largest absolute Gasteiger partial charge is 0.480 e. The fourth-order valence-electron chi connectivity index (χ4n) is 1.90. The Hall–Kier alpha value is -2.70. The van der Waals surface area contributed by atoms with Gasteiger partial charge in [0.2, 0.25) is 5.91 Å². The van der Waals surface area contributed by atoms with Gasteiger partial charge < -0.3 is 10.0 Å². The molecule has 110 valence electrons. The lowest BCUT2D eigenvalue weighted by Gasteiger charge is -2.17. The average molecular weight is 288 g/mol. The topological polar surface area (TPSA) is 88.3 Å². The highest BCUT2D eigenvalue weighted by Gasteiger charge is 2.16. The van der Waals surface area contributed by atoms with E-state index in [0.717, 1.165) is 5.56 Å². The van der Waals surface area contributed by atoms with Crippen LogP contribution < -0.4 is 0 Å². The first-order valence-electron chi connectivity index (χ1n) is 6.55. The zero-order chi connectivity index (χ0) is 15.2. The van der Waals surface area contributed by atoms with Gasteiger partial charge >= 0.3 is 5.97 Å². The highest BCUT2D eigenvalue weighted by molar-refractivity contribution is 5.81. The van der Waals surface area contributed by atoms with Crippen molar-refractivity contribution in [1.82, 2.24) is 19.9 Å². The fraction of sp³-hybridized carbons (Fsp3) is 0.286. The number of carbonyl (C=O) groups excluding carboxylic acids is 1. The SMILES string of the molecule is CCN(CC(=O)O)C(=O)Cn1cc(-c2ccccc2)nn1. The number of carbonyl (C=O) groups is 2. The number of hydrogen-bond acceptors (Lipinski definition) is 4. The molecule has 1 heterocycles. The molecule has 21 heavy (non-hydrogen) atoms. The summed E-state index contributed by atoms with van der Waals surface area (Å²) < 4.78 is 1.41. The van der Waals surface area contributed by atoms with E-state index in [1.54, 1.807) is 13.1 Å². The van der Waals surface area contributed by atoms with Crippen LogP contribution in [0.4, 0.5) is 0 Å². The number of carboxylic acid groups (broad SMARTS) is 1. The van der Waals surface area contributed by atoms with E-state index >= 15 is 0 Å². The molecule has 0 unspecified atom stereocenters. The number of carboxylic acids is 1. The van der Waals surface area contributed by atoms with Crippen molar-refractivity contribution >= 4 is 11.9 Å². The Labute approximate surface area is 121 Å². The third kappa shape index (κ3) is 3.88.